The summed E-state index contributed by atoms with van der Waals surface area (Å²) >= 11 is 0. The molecule has 29 heavy (non-hydrogen) atoms. The molecular weight excluding hydrogens is 384 g/mol. The molecule has 7 heteroatoms. The number of carbonyl (C=O) groups excluding carboxylic acids is 1. The third-order valence-electron chi connectivity index (χ3n) is 5.76. The maximum absolute atomic E-state index is 14.1. The lowest BCUT2D eigenvalue weighted by Gasteiger charge is -2.33. The van der Waals surface area contributed by atoms with Crippen molar-refractivity contribution in [2.45, 2.75) is 38.3 Å². The smallest absolute Gasteiger partial charge is 0.388 e. The molecule has 2 aromatic carbocycles. The van der Waals surface area contributed by atoms with Gasteiger partial charge in [0.2, 0.25) is 5.91 Å². The summed E-state index contributed by atoms with van der Waals surface area (Å²) in [6.45, 7) is 1.98. The number of benzene rings is 2. The highest BCUT2D eigenvalue weighted by Gasteiger charge is 2.34. The van der Waals surface area contributed by atoms with Crippen molar-refractivity contribution in [2.75, 3.05) is 17.7 Å². The largest absolute Gasteiger partial charge is 0.416 e. The van der Waals surface area contributed by atoms with Gasteiger partial charge >= 0.3 is 6.18 Å². The molecule has 0 spiro atoms. The molecule has 3 nitrogen and oxygen atoms in total. The van der Waals surface area contributed by atoms with E-state index in [1.165, 1.54) is 0 Å². The Morgan fingerprint density at radius 1 is 1.07 bits per heavy atom. The number of amides is 1. The van der Waals surface area contributed by atoms with Crippen molar-refractivity contribution in [3.8, 4) is 0 Å². The standard InChI is InChI=1S/C22H24F4N2O/c1-13-3-4-15(14-5-8-17(27-2)9-6-14)11-18(13)21(29)28-20-10-7-16(12-19(20)23)22(24,25)26/h5-10,12-13,15,18,27H,3-4,11H2,1-2H3,(H,28,29). The average Bonchev–Trinajstić information content (AvgIpc) is 2.69. The molecule has 1 aliphatic rings. The Kier molecular flexibility index (Phi) is 6.15. The predicted molar refractivity (Wildman–Crippen MR) is 105 cm³/mol. The molecule has 2 aromatic rings. The summed E-state index contributed by atoms with van der Waals surface area (Å²) in [5.74, 6) is -1.45. The molecule has 0 heterocycles. The molecule has 0 radical (unpaired) electrons. The van der Waals surface area contributed by atoms with Crippen LogP contribution in [0.1, 0.15) is 43.2 Å². The van der Waals surface area contributed by atoms with Crippen LogP contribution in [0.15, 0.2) is 42.5 Å². The lowest BCUT2D eigenvalue weighted by molar-refractivity contribution is -0.137. The molecule has 0 bridgehead atoms. The van der Waals surface area contributed by atoms with Gasteiger partial charge < -0.3 is 10.6 Å². The zero-order chi connectivity index (χ0) is 21.2. The summed E-state index contributed by atoms with van der Waals surface area (Å²) in [6, 6.07) is 10.2. The fourth-order valence-electron chi connectivity index (χ4n) is 3.93. The van der Waals surface area contributed by atoms with Crippen molar-refractivity contribution in [1.82, 2.24) is 0 Å². The van der Waals surface area contributed by atoms with Crippen LogP contribution in [0.2, 0.25) is 0 Å². The number of hydrogen-bond acceptors (Lipinski definition) is 2. The van der Waals surface area contributed by atoms with E-state index in [2.05, 4.69) is 10.6 Å². The Morgan fingerprint density at radius 2 is 1.76 bits per heavy atom. The van der Waals surface area contributed by atoms with E-state index in [1.54, 1.807) is 0 Å². The first kappa shape index (κ1) is 21.1. The first-order valence-electron chi connectivity index (χ1n) is 9.64. The van der Waals surface area contributed by atoms with Crippen LogP contribution in [0.25, 0.3) is 0 Å². The van der Waals surface area contributed by atoms with Crippen LogP contribution in [0, 0.1) is 17.7 Å². The van der Waals surface area contributed by atoms with Crippen LogP contribution < -0.4 is 10.6 Å². The van der Waals surface area contributed by atoms with Gasteiger partial charge in [-0.15, -0.1) is 0 Å². The fraction of sp³-hybridized carbons (Fsp3) is 0.409. The second kappa shape index (κ2) is 8.43. The molecule has 156 valence electrons. The summed E-state index contributed by atoms with van der Waals surface area (Å²) in [7, 11) is 1.85. The summed E-state index contributed by atoms with van der Waals surface area (Å²) in [5.41, 5.74) is 0.847. The molecular formula is C22H24F4N2O. The number of rotatable bonds is 4. The quantitative estimate of drug-likeness (QED) is 0.605. The number of halogens is 4. The van der Waals surface area contributed by atoms with E-state index in [1.807, 2.05) is 38.2 Å². The van der Waals surface area contributed by atoms with Crippen molar-refractivity contribution in [3.05, 3.63) is 59.4 Å². The molecule has 0 aromatic heterocycles. The summed E-state index contributed by atoms with van der Waals surface area (Å²) in [5, 5.41) is 5.55. The molecule has 0 aliphatic heterocycles. The maximum Gasteiger partial charge on any atom is 0.416 e. The van der Waals surface area contributed by atoms with Crippen molar-refractivity contribution in [1.29, 1.82) is 0 Å². The van der Waals surface area contributed by atoms with Gasteiger partial charge in [-0.2, -0.15) is 13.2 Å². The molecule has 1 aliphatic carbocycles. The Hall–Kier alpha value is -2.57. The molecule has 1 saturated carbocycles. The Balaban J connectivity index is 1.72. The highest BCUT2D eigenvalue weighted by atomic mass is 19.4. The lowest BCUT2D eigenvalue weighted by atomic mass is 9.72. The zero-order valence-electron chi connectivity index (χ0n) is 16.3. The normalized spacial score (nSPS) is 22.2. The predicted octanol–water partition coefficient (Wildman–Crippen LogP) is 6.04. The van der Waals surface area contributed by atoms with Crippen LogP contribution in [0.4, 0.5) is 28.9 Å². The molecule has 3 atom stereocenters. The minimum atomic E-state index is -4.63. The van der Waals surface area contributed by atoms with Gasteiger partial charge in [0.1, 0.15) is 5.82 Å². The van der Waals surface area contributed by atoms with Gasteiger partial charge in [0.25, 0.3) is 0 Å². The first-order valence-corrected chi connectivity index (χ1v) is 9.64. The van der Waals surface area contributed by atoms with Crippen molar-refractivity contribution >= 4 is 17.3 Å². The average molecular weight is 408 g/mol. The van der Waals surface area contributed by atoms with E-state index in [-0.39, 0.29) is 29.3 Å². The molecule has 1 fully saturated rings. The van der Waals surface area contributed by atoms with E-state index < -0.39 is 17.6 Å². The van der Waals surface area contributed by atoms with Crippen LogP contribution >= 0.6 is 0 Å². The van der Waals surface area contributed by atoms with E-state index in [4.69, 9.17) is 0 Å². The fourth-order valence-corrected chi connectivity index (χ4v) is 3.93. The summed E-state index contributed by atoms with van der Waals surface area (Å²) in [6.07, 6.45) is -2.20. The summed E-state index contributed by atoms with van der Waals surface area (Å²) < 4.78 is 52.2. The van der Waals surface area contributed by atoms with Gasteiger partial charge in [-0.05, 0) is 67.0 Å². The highest BCUT2D eigenvalue weighted by molar-refractivity contribution is 5.93. The van der Waals surface area contributed by atoms with Crippen molar-refractivity contribution in [2.24, 2.45) is 11.8 Å². The highest BCUT2D eigenvalue weighted by Crippen LogP contribution is 2.40. The van der Waals surface area contributed by atoms with Gasteiger partial charge in [0.15, 0.2) is 0 Å². The zero-order valence-corrected chi connectivity index (χ0v) is 16.3. The Morgan fingerprint density at radius 3 is 2.34 bits per heavy atom. The topological polar surface area (TPSA) is 41.1 Å². The van der Waals surface area contributed by atoms with E-state index in [0.717, 1.165) is 36.2 Å². The maximum atomic E-state index is 14.1. The van der Waals surface area contributed by atoms with E-state index in [0.29, 0.717) is 12.5 Å². The summed E-state index contributed by atoms with van der Waals surface area (Å²) in [4.78, 5) is 12.8. The molecule has 2 N–H and O–H groups in total. The van der Waals surface area contributed by atoms with Crippen molar-refractivity contribution in [3.63, 3.8) is 0 Å². The SMILES string of the molecule is CNc1ccc(C2CCC(C)C(C(=O)Nc3ccc(C(F)(F)F)cc3F)C2)cc1. The van der Waals surface area contributed by atoms with Crippen LogP contribution in [-0.2, 0) is 11.0 Å². The minimum Gasteiger partial charge on any atom is -0.388 e. The number of anilines is 2. The van der Waals surface area contributed by atoms with Gasteiger partial charge in [-0.25, -0.2) is 4.39 Å². The van der Waals surface area contributed by atoms with Crippen LogP contribution in [0.3, 0.4) is 0 Å². The molecule has 1 amide bonds. The number of nitrogens with one attached hydrogen (secondary N) is 2. The number of alkyl halides is 3. The Bertz CT molecular complexity index is 864. The molecule has 3 unspecified atom stereocenters. The molecule has 3 rings (SSSR count). The third-order valence-corrected chi connectivity index (χ3v) is 5.76. The monoisotopic (exact) mass is 408 g/mol. The Labute approximate surface area is 167 Å². The van der Waals surface area contributed by atoms with E-state index in [9.17, 15) is 22.4 Å². The van der Waals surface area contributed by atoms with E-state index >= 15 is 0 Å². The first-order chi connectivity index (χ1) is 13.7. The second-order valence-electron chi connectivity index (χ2n) is 7.65. The third kappa shape index (κ3) is 4.89. The van der Waals surface area contributed by atoms with Gasteiger partial charge in [-0.3, -0.25) is 4.79 Å². The van der Waals surface area contributed by atoms with Gasteiger partial charge in [0, 0.05) is 18.7 Å². The van der Waals surface area contributed by atoms with Crippen LogP contribution in [-0.4, -0.2) is 13.0 Å². The number of hydrogen-bond donors (Lipinski definition) is 2. The number of carbonyl (C=O) groups is 1. The molecule has 0 saturated heterocycles. The minimum absolute atomic E-state index is 0.111. The lowest BCUT2D eigenvalue weighted by Crippen LogP contribution is -2.33. The van der Waals surface area contributed by atoms with Gasteiger partial charge in [0.05, 0.1) is 11.3 Å². The second-order valence-corrected chi connectivity index (χ2v) is 7.65. The van der Waals surface area contributed by atoms with Crippen molar-refractivity contribution < 1.29 is 22.4 Å². The van der Waals surface area contributed by atoms with Crippen LogP contribution in [0.5, 0.6) is 0 Å². The van der Waals surface area contributed by atoms with Gasteiger partial charge in [-0.1, -0.05) is 19.1 Å².